The lowest BCUT2D eigenvalue weighted by Crippen LogP contribution is -2.39. The summed E-state index contributed by atoms with van der Waals surface area (Å²) in [7, 11) is 0. The molecule has 14 nitrogen and oxygen atoms in total. The normalized spacial score (nSPS) is 16.8. The van der Waals surface area contributed by atoms with Crippen molar-refractivity contribution in [1.82, 2.24) is 40.5 Å². The molecule has 14 heteroatoms. The van der Waals surface area contributed by atoms with Crippen LogP contribution in [0.5, 0.6) is 0 Å². The monoisotopic (exact) mass is 691 g/mol. The number of aliphatic carboxylic acids is 1. The second-order valence-corrected chi connectivity index (χ2v) is 13.9. The van der Waals surface area contributed by atoms with Gasteiger partial charge >= 0.3 is 5.97 Å². The number of hydrogen-bond acceptors (Lipinski definition) is 12. The smallest absolute Gasteiger partial charge is 0.320 e. The fourth-order valence-electron chi connectivity index (χ4n) is 6.84. The lowest BCUT2D eigenvalue weighted by Gasteiger charge is -2.32. The number of carbonyl (C=O) groups is 2. The number of carbonyl (C=O) groups excluding carboxylic acids is 1. The van der Waals surface area contributed by atoms with Crippen LogP contribution in [-0.4, -0.2) is 104 Å². The summed E-state index contributed by atoms with van der Waals surface area (Å²) in [5.41, 5.74) is 7.23. The van der Waals surface area contributed by atoms with Gasteiger partial charge in [-0.05, 0) is 89.7 Å². The minimum Gasteiger partial charge on any atom is -0.480 e. The summed E-state index contributed by atoms with van der Waals surface area (Å²) in [6, 6.07) is 8.09. The van der Waals surface area contributed by atoms with Gasteiger partial charge < -0.3 is 37.0 Å². The average Bonchev–Trinajstić information content (AvgIpc) is 3.59. The van der Waals surface area contributed by atoms with Gasteiger partial charge in [0.15, 0.2) is 0 Å². The Morgan fingerprint density at radius 3 is 2.54 bits per heavy atom. The quantitative estimate of drug-likeness (QED) is 0.0841. The predicted molar refractivity (Wildman–Crippen MR) is 196 cm³/mol. The predicted octanol–water partition coefficient (Wildman–Crippen LogP) is 3.54. The molecule has 1 saturated carbocycles. The molecule has 3 heterocycles. The van der Waals surface area contributed by atoms with Crippen LogP contribution in [0, 0.1) is 0 Å². The summed E-state index contributed by atoms with van der Waals surface area (Å²) in [5.74, 6) is 0.390. The Hall–Kier alpha value is -3.72. The number of para-hydroxylation sites is 1. The first-order valence-corrected chi connectivity index (χ1v) is 18.8. The third-order valence-corrected chi connectivity index (χ3v) is 9.84. The summed E-state index contributed by atoms with van der Waals surface area (Å²) in [5, 5.41) is 32.9. The number of nitrogens with zero attached hydrogens (tertiary/aromatic N) is 6. The summed E-state index contributed by atoms with van der Waals surface area (Å²) in [6.45, 7) is 7.13. The van der Waals surface area contributed by atoms with Gasteiger partial charge in [-0.2, -0.15) is 4.98 Å². The fraction of sp³-hybridized carbons (Fsp3) is 0.667. The number of carboxylic acid groups (broad SMARTS) is 1. The van der Waals surface area contributed by atoms with Crippen molar-refractivity contribution in [3.05, 3.63) is 36.2 Å². The van der Waals surface area contributed by atoms with Gasteiger partial charge in [-0.3, -0.25) is 14.3 Å². The third-order valence-electron chi connectivity index (χ3n) is 9.84. The molecule has 1 aliphatic carbocycles. The lowest BCUT2D eigenvalue weighted by molar-refractivity contribution is -0.138. The zero-order chi connectivity index (χ0) is 35.0. The van der Waals surface area contributed by atoms with Gasteiger partial charge in [-0.1, -0.05) is 36.6 Å². The highest BCUT2D eigenvalue weighted by molar-refractivity contribution is 5.90. The summed E-state index contributed by atoms with van der Waals surface area (Å²) in [4.78, 5) is 35.0. The maximum absolute atomic E-state index is 12.1. The van der Waals surface area contributed by atoms with Gasteiger partial charge in [0.2, 0.25) is 5.95 Å². The minimum absolute atomic E-state index is 0.0782. The fourth-order valence-corrected chi connectivity index (χ4v) is 6.84. The van der Waals surface area contributed by atoms with E-state index in [0.717, 1.165) is 106 Å². The molecule has 2 aromatic heterocycles. The SMILES string of the molecule is N[C@@H](CCC(=O)CCCN1CCC(Nc2nc(NCc3cn(CCCNCCCNC4CCCCC4)nn3)nc3ccccc23)CC1)C(=O)O. The molecule has 0 spiro atoms. The average molecular weight is 692 g/mol. The van der Waals surface area contributed by atoms with Crippen LogP contribution in [0.1, 0.15) is 89.2 Å². The van der Waals surface area contributed by atoms with E-state index >= 15 is 0 Å². The highest BCUT2D eigenvalue weighted by Crippen LogP contribution is 2.25. The number of aryl methyl sites for hydroxylation is 1. The molecule has 0 unspecified atom stereocenters. The zero-order valence-corrected chi connectivity index (χ0v) is 29.5. The standard InChI is InChI=1S/C36H57N11O3/c37-32(35(49)50)15-14-30(48)11-6-21-46-23-16-28(17-24-46)41-34-31-12-4-5-13-33(31)42-36(43-34)40-25-29-26-47(45-44-29)22-8-19-38-18-7-20-39-27-9-2-1-3-10-27/h4-5,12-13,26-28,32,38-39H,1-3,6-11,14-25,37H2,(H,49,50)(H2,40,41,42,43)/t32-/m0/s1. The molecular formula is C36H57N11O3. The second-order valence-electron chi connectivity index (χ2n) is 13.9. The Balaban J connectivity index is 0.997. The summed E-state index contributed by atoms with van der Waals surface area (Å²) < 4.78 is 1.90. The molecular weight excluding hydrogens is 634 g/mol. The van der Waals surface area contributed by atoms with Gasteiger partial charge in [-0.25, -0.2) is 4.98 Å². The molecule has 1 aliphatic heterocycles. The third kappa shape index (κ3) is 12.6. The number of ketones is 1. The molecule has 1 aromatic carbocycles. The number of hydrogen-bond donors (Lipinski definition) is 6. The maximum atomic E-state index is 12.1. The van der Waals surface area contributed by atoms with Crippen molar-refractivity contribution < 1.29 is 14.7 Å². The van der Waals surface area contributed by atoms with Crippen molar-refractivity contribution in [1.29, 1.82) is 0 Å². The van der Waals surface area contributed by atoms with Gasteiger partial charge in [-0.15, -0.1) is 5.10 Å². The van der Waals surface area contributed by atoms with Crippen molar-refractivity contribution in [3.8, 4) is 0 Å². The number of piperidine rings is 1. The van der Waals surface area contributed by atoms with E-state index in [9.17, 15) is 9.59 Å². The van der Waals surface area contributed by atoms with Crippen LogP contribution < -0.4 is 27.0 Å². The molecule has 274 valence electrons. The van der Waals surface area contributed by atoms with E-state index in [1.807, 2.05) is 35.1 Å². The molecule has 2 aliphatic rings. The van der Waals surface area contributed by atoms with Crippen molar-refractivity contribution in [2.75, 3.05) is 49.9 Å². The van der Waals surface area contributed by atoms with E-state index in [1.54, 1.807) is 0 Å². The van der Waals surface area contributed by atoms with Crippen LogP contribution in [0.25, 0.3) is 10.9 Å². The Bertz CT molecular complexity index is 1470. The van der Waals surface area contributed by atoms with Crippen molar-refractivity contribution in [2.24, 2.45) is 5.73 Å². The van der Waals surface area contributed by atoms with Crippen LogP contribution >= 0.6 is 0 Å². The first-order valence-electron chi connectivity index (χ1n) is 18.8. The molecule has 5 rings (SSSR count). The van der Waals surface area contributed by atoms with Crippen molar-refractivity contribution >= 4 is 34.4 Å². The number of likely N-dealkylation sites (tertiary alicyclic amines) is 1. The van der Waals surface area contributed by atoms with Gasteiger partial charge in [0.1, 0.15) is 23.3 Å². The topological polar surface area (TPSA) is 188 Å². The Labute approximate surface area is 295 Å². The van der Waals surface area contributed by atoms with E-state index in [2.05, 4.69) is 36.5 Å². The molecule has 7 N–H and O–H groups in total. The lowest BCUT2D eigenvalue weighted by atomic mass is 9.95. The number of nitrogens with one attached hydrogen (secondary N) is 4. The van der Waals surface area contributed by atoms with Crippen LogP contribution in [0.2, 0.25) is 0 Å². The van der Waals surface area contributed by atoms with Crippen LogP contribution in [0.4, 0.5) is 11.8 Å². The van der Waals surface area contributed by atoms with E-state index in [4.69, 9.17) is 20.8 Å². The number of rotatable bonds is 22. The molecule has 1 saturated heterocycles. The molecule has 50 heavy (non-hydrogen) atoms. The van der Waals surface area contributed by atoms with E-state index in [1.165, 1.54) is 32.1 Å². The molecule has 3 aromatic rings. The largest absolute Gasteiger partial charge is 0.480 e. The number of aromatic nitrogens is 5. The minimum atomic E-state index is -1.06. The number of nitrogens with two attached hydrogens (primary N) is 1. The first kappa shape index (κ1) is 37.5. The van der Waals surface area contributed by atoms with Crippen molar-refractivity contribution in [3.63, 3.8) is 0 Å². The second kappa shape index (κ2) is 20.2. The number of fused-ring (bicyclic) bond motifs is 1. The van der Waals surface area contributed by atoms with Gasteiger partial charge in [0.25, 0.3) is 0 Å². The first-order chi connectivity index (χ1) is 24.4. The number of Topliss-reactive ketones (excluding diaryl/α,β-unsaturated/α-hetero) is 1. The molecule has 1 atom stereocenters. The Kier molecular flexibility index (Phi) is 15.2. The number of anilines is 2. The molecule has 0 amide bonds. The van der Waals surface area contributed by atoms with Gasteiger partial charge in [0, 0.05) is 49.9 Å². The molecule has 2 fully saturated rings. The highest BCUT2D eigenvalue weighted by atomic mass is 16.4. The molecule has 0 radical (unpaired) electrons. The van der Waals surface area contributed by atoms with E-state index in [0.29, 0.717) is 18.9 Å². The Morgan fingerprint density at radius 1 is 0.920 bits per heavy atom. The van der Waals surface area contributed by atoms with Crippen LogP contribution in [0.3, 0.4) is 0 Å². The summed E-state index contributed by atoms with van der Waals surface area (Å²) in [6.07, 6.45) is 14.6. The summed E-state index contributed by atoms with van der Waals surface area (Å²) >= 11 is 0. The highest BCUT2D eigenvalue weighted by Gasteiger charge is 2.21. The molecule has 0 bridgehead atoms. The Morgan fingerprint density at radius 2 is 1.72 bits per heavy atom. The van der Waals surface area contributed by atoms with Crippen LogP contribution in [-0.2, 0) is 22.7 Å². The van der Waals surface area contributed by atoms with Crippen LogP contribution in [0.15, 0.2) is 30.5 Å². The van der Waals surface area contributed by atoms with Gasteiger partial charge in [0.05, 0.1) is 18.3 Å². The number of benzene rings is 1. The van der Waals surface area contributed by atoms with Crippen molar-refractivity contribution in [2.45, 2.75) is 115 Å². The zero-order valence-electron chi connectivity index (χ0n) is 29.5. The maximum Gasteiger partial charge on any atom is 0.320 e. The number of carboxylic acids is 1. The van der Waals surface area contributed by atoms with E-state index in [-0.39, 0.29) is 24.7 Å². The van der Waals surface area contributed by atoms with E-state index < -0.39 is 12.0 Å².